The minimum Gasteiger partial charge on any atom is -0.303 e. The van der Waals surface area contributed by atoms with Crippen LogP contribution in [0.3, 0.4) is 0 Å². The maximum atomic E-state index is 10.7. The minimum atomic E-state index is 0.0343. The molecule has 2 atom stereocenters. The van der Waals surface area contributed by atoms with Crippen LogP contribution in [0.5, 0.6) is 0 Å². The average Bonchev–Trinajstić information content (AvgIpc) is 2.87. The van der Waals surface area contributed by atoms with Crippen molar-refractivity contribution in [2.75, 3.05) is 0 Å². The average molecular weight is 257 g/mol. The van der Waals surface area contributed by atoms with Crippen molar-refractivity contribution in [2.24, 2.45) is 11.8 Å². The fourth-order valence-corrected chi connectivity index (χ4v) is 1.84. The molecule has 0 aliphatic heterocycles. The predicted molar refractivity (Wildman–Crippen MR) is 74.6 cm³/mol. The Morgan fingerprint density at radius 2 is 1.95 bits per heavy atom. The fraction of sp³-hybridized carbons (Fsp3) is 0.400. The molecule has 1 heterocycles. The van der Waals surface area contributed by atoms with Gasteiger partial charge >= 0.3 is 0 Å². The maximum absolute atomic E-state index is 10.7. The number of benzene rings is 1. The summed E-state index contributed by atoms with van der Waals surface area (Å²) in [5.41, 5.74) is 3.16. The molecule has 0 aliphatic carbocycles. The van der Waals surface area contributed by atoms with Crippen LogP contribution in [0.1, 0.15) is 19.4 Å². The van der Waals surface area contributed by atoms with Crippen LogP contribution in [-0.2, 0) is 11.3 Å². The number of hydrogen-bond acceptors (Lipinski definition) is 3. The van der Waals surface area contributed by atoms with Crippen LogP contribution in [0.4, 0.5) is 0 Å². The number of carbonyl (C=O) groups is 1. The maximum Gasteiger partial charge on any atom is 0.123 e. The van der Waals surface area contributed by atoms with Gasteiger partial charge in [0.2, 0.25) is 0 Å². The van der Waals surface area contributed by atoms with Crippen molar-refractivity contribution in [3.05, 3.63) is 36.0 Å². The molecular weight excluding hydrogens is 238 g/mol. The quantitative estimate of drug-likeness (QED) is 0.774. The summed E-state index contributed by atoms with van der Waals surface area (Å²) >= 11 is 0. The molecule has 1 aromatic carbocycles. The molecule has 0 spiro atoms. The first-order chi connectivity index (χ1) is 9.10. The second-order valence-corrected chi connectivity index (χ2v) is 5.16. The van der Waals surface area contributed by atoms with Gasteiger partial charge in [0, 0.05) is 18.0 Å². The smallest absolute Gasteiger partial charge is 0.123 e. The highest BCUT2D eigenvalue weighted by atomic mass is 16.1. The Balaban J connectivity index is 2.11. The first-order valence-electron chi connectivity index (χ1n) is 6.52. The van der Waals surface area contributed by atoms with E-state index in [1.807, 2.05) is 32.2 Å². The lowest BCUT2D eigenvalue weighted by atomic mass is 9.98. The van der Waals surface area contributed by atoms with Crippen LogP contribution >= 0.6 is 0 Å². The Bertz CT molecular complexity index is 545. The van der Waals surface area contributed by atoms with Crippen LogP contribution in [0.2, 0.25) is 0 Å². The highest BCUT2D eigenvalue weighted by molar-refractivity contribution is 5.57. The lowest BCUT2D eigenvalue weighted by molar-refractivity contribution is -0.112. The van der Waals surface area contributed by atoms with Gasteiger partial charge in [0.15, 0.2) is 0 Å². The largest absolute Gasteiger partial charge is 0.303 e. The van der Waals surface area contributed by atoms with Gasteiger partial charge in [0.1, 0.15) is 12.0 Å². The molecule has 4 nitrogen and oxygen atoms in total. The van der Waals surface area contributed by atoms with E-state index in [0.717, 1.165) is 17.5 Å². The van der Waals surface area contributed by atoms with Crippen LogP contribution in [0.15, 0.2) is 30.5 Å². The van der Waals surface area contributed by atoms with Gasteiger partial charge in [-0.15, -0.1) is 5.10 Å². The number of aryl methyl sites for hydroxylation is 1. The number of rotatable bonds is 5. The molecule has 2 unspecified atom stereocenters. The number of aldehydes is 1. The first kappa shape index (κ1) is 13.5. The van der Waals surface area contributed by atoms with E-state index in [9.17, 15) is 4.79 Å². The summed E-state index contributed by atoms with van der Waals surface area (Å²) in [6.45, 7) is 6.74. The zero-order valence-electron chi connectivity index (χ0n) is 11.6. The highest BCUT2D eigenvalue weighted by Crippen LogP contribution is 2.17. The Labute approximate surface area is 113 Å². The normalized spacial score (nSPS) is 14.1. The molecule has 0 radical (unpaired) electrons. The van der Waals surface area contributed by atoms with Crippen LogP contribution in [0.25, 0.3) is 11.3 Å². The Kier molecular flexibility index (Phi) is 4.10. The molecule has 0 N–H and O–H groups in total. The van der Waals surface area contributed by atoms with Gasteiger partial charge in [0.05, 0.1) is 6.20 Å². The van der Waals surface area contributed by atoms with Crippen molar-refractivity contribution in [3.8, 4) is 11.3 Å². The number of hydrogen-bond donors (Lipinski definition) is 0. The summed E-state index contributed by atoms with van der Waals surface area (Å²) in [5, 5.41) is 8.30. The van der Waals surface area contributed by atoms with Crippen LogP contribution in [0, 0.1) is 18.8 Å². The topological polar surface area (TPSA) is 47.8 Å². The van der Waals surface area contributed by atoms with Crippen LogP contribution < -0.4 is 0 Å². The molecule has 19 heavy (non-hydrogen) atoms. The molecule has 0 amide bonds. The molecule has 0 fully saturated rings. The van der Waals surface area contributed by atoms with Gasteiger partial charge in [-0.25, -0.2) is 0 Å². The lowest BCUT2D eigenvalue weighted by Crippen LogP contribution is -2.16. The molecule has 4 heteroatoms. The molecular formula is C15H19N3O. The Hall–Kier alpha value is -1.97. The van der Waals surface area contributed by atoms with E-state index in [-0.39, 0.29) is 11.8 Å². The van der Waals surface area contributed by atoms with Crippen LogP contribution in [-0.4, -0.2) is 21.3 Å². The van der Waals surface area contributed by atoms with Crippen molar-refractivity contribution in [1.82, 2.24) is 15.0 Å². The van der Waals surface area contributed by atoms with E-state index >= 15 is 0 Å². The number of nitrogens with zero attached hydrogens (tertiary/aromatic N) is 3. The zero-order chi connectivity index (χ0) is 13.8. The van der Waals surface area contributed by atoms with Crippen molar-refractivity contribution < 1.29 is 4.79 Å². The van der Waals surface area contributed by atoms with E-state index in [1.54, 1.807) is 4.68 Å². The van der Waals surface area contributed by atoms with E-state index in [4.69, 9.17) is 0 Å². The Morgan fingerprint density at radius 1 is 1.26 bits per heavy atom. The fourth-order valence-electron chi connectivity index (χ4n) is 1.84. The number of aromatic nitrogens is 3. The lowest BCUT2D eigenvalue weighted by Gasteiger charge is -2.13. The predicted octanol–water partition coefficient (Wildman–Crippen LogP) is 2.72. The molecule has 0 saturated heterocycles. The molecule has 0 saturated carbocycles. The van der Waals surface area contributed by atoms with Gasteiger partial charge in [-0.05, 0) is 12.8 Å². The SMILES string of the molecule is Cc1ccc(-c2cn(CC(C)C(C)C=O)nn2)cc1. The third-order valence-electron chi connectivity index (χ3n) is 3.47. The third-order valence-corrected chi connectivity index (χ3v) is 3.47. The van der Waals surface area contributed by atoms with Crippen molar-refractivity contribution in [3.63, 3.8) is 0 Å². The summed E-state index contributed by atoms with van der Waals surface area (Å²) in [5.74, 6) is 0.289. The molecule has 1 aromatic heterocycles. The molecule has 2 aromatic rings. The first-order valence-corrected chi connectivity index (χ1v) is 6.52. The summed E-state index contributed by atoms with van der Waals surface area (Å²) < 4.78 is 1.81. The summed E-state index contributed by atoms with van der Waals surface area (Å²) in [6, 6.07) is 8.21. The van der Waals surface area contributed by atoms with Gasteiger partial charge in [-0.2, -0.15) is 0 Å². The van der Waals surface area contributed by atoms with E-state index in [0.29, 0.717) is 6.54 Å². The van der Waals surface area contributed by atoms with E-state index in [1.165, 1.54) is 5.56 Å². The summed E-state index contributed by atoms with van der Waals surface area (Å²) in [6.07, 6.45) is 2.92. The van der Waals surface area contributed by atoms with E-state index in [2.05, 4.69) is 29.4 Å². The highest BCUT2D eigenvalue weighted by Gasteiger charge is 2.13. The van der Waals surface area contributed by atoms with Crippen molar-refractivity contribution in [2.45, 2.75) is 27.3 Å². The second kappa shape index (κ2) is 5.78. The third kappa shape index (κ3) is 3.28. The molecule has 2 rings (SSSR count). The standard InChI is InChI=1S/C15H19N3O/c1-11-4-6-14(7-5-11)15-9-18(17-16-15)8-12(2)13(3)10-19/h4-7,9-10,12-13H,8H2,1-3H3. The van der Waals surface area contributed by atoms with Gasteiger partial charge in [0.25, 0.3) is 0 Å². The van der Waals surface area contributed by atoms with Gasteiger partial charge < -0.3 is 4.79 Å². The monoisotopic (exact) mass is 257 g/mol. The zero-order valence-corrected chi connectivity index (χ0v) is 11.6. The van der Waals surface area contributed by atoms with E-state index < -0.39 is 0 Å². The molecule has 100 valence electrons. The number of carbonyl (C=O) groups excluding carboxylic acids is 1. The van der Waals surface area contributed by atoms with Gasteiger partial charge in [-0.1, -0.05) is 48.9 Å². The van der Waals surface area contributed by atoms with Gasteiger partial charge in [-0.3, -0.25) is 4.68 Å². The van der Waals surface area contributed by atoms with Crippen molar-refractivity contribution >= 4 is 6.29 Å². The summed E-state index contributed by atoms with van der Waals surface area (Å²) in [4.78, 5) is 10.7. The summed E-state index contributed by atoms with van der Waals surface area (Å²) in [7, 11) is 0. The van der Waals surface area contributed by atoms with Crippen molar-refractivity contribution in [1.29, 1.82) is 0 Å². The second-order valence-electron chi connectivity index (χ2n) is 5.16. The minimum absolute atomic E-state index is 0.0343. The molecule has 0 aliphatic rings. The Morgan fingerprint density at radius 3 is 2.58 bits per heavy atom. The molecule has 0 bridgehead atoms.